The summed E-state index contributed by atoms with van der Waals surface area (Å²) in [6.07, 6.45) is 10.7. The normalized spacial score (nSPS) is 23.5. The molecule has 3 saturated heterocycles. The Labute approximate surface area is 177 Å². The minimum absolute atomic E-state index is 0.0842. The average molecular weight is 413 g/mol. The van der Waals surface area contributed by atoms with E-state index in [-0.39, 0.29) is 6.61 Å². The molecule has 0 amide bonds. The first-order chi connectivity index (χ1) is 14.8. The molecule has 8 nitrogen and oxygen atoms in total. The summed E-state index contributed by atoms with van der Waals surface area (Å²) in [5, 5.41) is 14.3. The molecular weight excluding hydrogens is 380 g/mol. The molecule has 0 aromatic carbocycles. The summed E-state index contributed by atoms with van der Waals surface area (Å²) in [6, 6.07) is 2.86. The van der Waals surface area contributed by atoms with Crippen LogP contribution in [0.3, 0.4) is 0 Å². The molecule has 0 unspecified atom stereocenters. The monoisotopic (exact) mass is 412 g/mol. The minimum Gasteiger partial charge on any atom is -0.394 e. The van der Waals surface area contributed by atoms with Gasteiger partial charge in [0.1, 0.15) is 0 Å². The van der Waals surface area contributed by atoms with Crippen LogP contribution in [0, 0.1) is 0 Å². The lowest BCUT2D eigenvalue weighted by atomic mass is 10.0. The van der Waals surface area contributed by atoms with Crippen molar-refractivity contribution >= 4 is 5.95 Å². The molecule has 0 bridgehead atoms. The van der Waals surface area contributed by atoms with Crippen molar-refractivity contribution in [2.45, 2.75) is 57.2 Å². The highest BCUT2D eigenvalue weighted by Gasteiger charge is 2.36. The van der Waals surface area contributed by atoms with E-state index in [1.807, 2.05) is 23.1 Å². The number of ether oxygens (including phenoxy) is 1. The highest BCUT2D eigenvalue weighted by molar-refractivity contribution is 5.63. The molecule has 2 aromatic heterocycles. The Balaban J connectivity index is 1.50. The van der Waals surface area contributed by atoms with E-state index >= 15 is 0 Å². The average Bonchev–Trinajstić information content (AvgIpc) is 3.55. The van der Waals surface area contributed by atoms with Gasteiger partial charge < -0.3 is 14.7 Å². The molecule has 0 aliphatic carbocycles. The van der Waals surface area contributed by atoms with E-state index in [1.54, 1.807) is 0 Å². The highest BCUT2D eigenvalue weighted by Crippen LogP contribution is 2.40. The van der Waals surface area contributed by atoms with Gasteiger partial charge in [-0.15, -0.1) is 0 Å². The summed E-state index contributed by atoms with van der Waals surface area (Å²) in [6.45, 7) is 5.46. The topological polar surface area (TPSA) is 79.5 Å². The molecule has 30 heavy (non-hydrogen) atoms. The van der Waals surface area contributed by atoms with E-state index in [0.29, 0.717) is 18.6 Å². The van der Waals surface area contributed by atoms with Crippen molar-refractivity contribution < 1.29 is 9.84 Å². The van der Waals surface area contributed by atoms with Gasteiger partial charge in [-0.3, -0.25) is 9.58 Å². The van der Waals surface area contributed by atoms with Crippen molar-refractivity contribution in [3.63, 3.8) is 0 Å². The lowest BCUT2D eigenvalue weighted by molar-refractivity contribution is 0.0278. The summed E-state index contributed by atoms with van der Waals surface area (Å²) in [5.74, 6) is 0.818. The van der Waals surface area contributed by atoms with Crippen LogP contribution in [0.1, 0.15) is 50.3 Å². The molecule has 162 valence electrons. The largest absolute Gasteiger partial charge is 0.394 e. The smallest absolute Gasteiger partial charge is 0.225 e. The molecule has 3 aliphatic heterocycles. The van der Waals surface area contributed by atoms with Gasteiger partial charge in [-0.1, -0.05) is 0 Å². The van der Waals surface area contributed by atoms with Gasteiger partial charge >= 0.3 is 0 Å². The van der Waals surface area contributed by atoms with Crippen LogP contribution in [0.15, 0.2) is 18.5 Å². The van der Waals surface area contributed by atoms with Gasteiger partial charge in [0.2, 0.25) is 5.95 Å². The van der Waals surface area contributed by atoms with Gasteiger partial charge in [0.25, 0.3) is 0 Å². The summed E-state index contributed by atoms with van der Waals surface area (Å²) < 4.78 is 7.60. The third-order valence-corrected chi connectivity index (χ3v) is 6.77. The Bertz CT molecular complexity index is 844. The first-order valence-electron chi connectivity index (χ1n) is 11.4. The Hall–Kier alpha value is -2.03. The number of aromatic nitrogens is 4. The van der Waals surface area contributed by atoms with Crippen molar-refractivity contribution in [3.8, 4) is 11.3 Å². The zero-order chi connectivity index (χ0) is 20.3. The van der Waals surface area contributed by atoms with Gasteiger partial charge in [0.05, 0.1) is 36.8 Å². The van der Waals surface area contributed by atoms with Crippen LogP contribution in [0.5, 0.6) is 0 Å². The van der Waals surface area contributed by atoms with Crippen molar-refractivity contribution in [2.24, 2.45) is 0 Å². The number of anilines is 1. The predicted octanol–water partition coefficient (Wildman–Crippen LogP) is 2.25. The second-order valence-electron chi connectivity index (χ2n) is 8.57. The third-order valence-electron chi connectivity index (χ3n) is 6.77. The molecule has 3 aliphatic rings. The third kappa shape index (κ3) is 3.84. The standard InChI is InChI=1S/C22H32N6O2/c29-13-12-28-21(20-4-3-11-27(20)17-6-14-30-15-7-17)18(16-24-28)19-5-8-23-22(25-19)26-9-1-2-10-26/h5,8,16-17,20,29H,1-4,6-7,9-15H2/t20-/m1/s1. The van der Waals surface area contributed by atoms with E-state index in [1.165, 1.54) is 25.0 Å². The van der Waals surface area contributed by atoms with Gasteiger partial charge in [0.15, 0.2) is 0 Å². The van der Waals surface area contributed by atoms with E-state index in [0.717, 1.165) is 69.3 Å². The number of likely N-dealkylation sites (tertiary alicyclic amines) is 1. The summed E-state index contributed by atoms with van der Waals surface area (Å²) >= 11 is 0. The number of hydrogen-bond donors (Lipinski definition) is 1. The van der Waals surface area contributed by atoms with Crippen molar-refractivity contribution in [3.05, 3.63) is 24.2 Å². The van der Waals surface area contributed by atoms with E-state index in [9.17, 15) is 5.11 Å². The fraction of sp³-hybridized carbons (Fsp3) is 0.682. The zero-order valence-corrected chi connectivity index (χ0v) is 17.6. The van der Waals surface area contributed by atoms with Crippen molar-refractivity contribution in [1.29, 1.82) is 0 Å². The molecule has 5 heterocycles. The molecule has 0 spiro atoms. The van der Waals surface area contributed by atoms with Gasteiger partial charge in [-0.05, 0) is 51.1 Å². The molecule has 1 N–H and O–H groups in total. The molecule has 3 fully saturated rings. The van der Waals surface area contributed by atoms with Crippen molar-refractivity contribution in [1.82, 2.24) is 24.6 Å². The van der Waals surface area contributed by atoms with Crippen LogP contribution in [-0.2, 0) is 11.3 Å². The Morgan fingerprint density at radius 3 is 2.70 bits per heavy atom. The molecule has 1 atom stereocenters. The van der Waals surface area contributed by atoms with E-state index in [2.05, 4.69) is 19.9 Å². The number of nitrogens with zero attached hydrogens (tertiary/aromatic N) is 6. The van der Waals surface area contributed by atoms with Crippen LogP contribution >= 0.6 is 0 Å². The lowest BCUT2D eigenvalue weighted by Crippen LogP contribution is -2.39. The van der Waals surface area contributed by atoms with Crippen LogP contribution in [0.2, 0.25) is 0 Å². The highest BCUT2D eigenvalue weighted by atomic mass is 16.5. The summed E-state index contributed by atoms with van der Waals surface area (Å²) in [7, 11) is 0. The minimum atomic E-state index is 0.0842. The number of aliphatic hydroxyl groups excluding tert-OH is 1. The Morgan fingerprint density at radius 2 is 1.90 bits per heavy atom. The predicted molar refractivity (Wildman–Crippen MR) is 114 cm³/mol. The second-order valence-corrected chi connectivity index (χ2v) is 8.57. The van der Waals surface area contributed by atoms with Crippen LogP contribution in [0.25, 0.3) is 11.3 Å². The maximum Gasteiger partial charge on any atom is 0.225 e. The van der Waals surface area contributed by atoms with Crippen LogP contribution in [-0.4, -0.2) is 75.3 Å². The number of hydrogen-bond acceptors (Lipinski definition) is 7. The summed E-state index contributed by atoms with van der Waals surface area (Å²) in [5.41, 5.74) is 3.21. The maximum atomic E-state index is 9.65. The number of rotatable bonds is 6. The molecule has 0 saturated carbocycles. The van der Waals surface area contributed by atoms with Gasteiger partial charge in [-0.2, -0.15) is 5.10 Å². The summed E-state index contributed by atoms with van der Waals surface area (Å²) in [4.78, 5) is 14.4. The second kappa shape index (κ2) is 8.99. The molecule has 2 aromatic rings. The Kier molecular flexibility index (Phi) is 5.97. The molecule has 5 rings (SSSR count). The van der Waals surface area contributed by atoms with Gasteiger partial charge in [0, 0.05) is 44.1 Å². The van der Waals surface area contributed by atoms with Crippen molar-refractivity contribution in [2.75, 3.05) is 44.4 Å². The zero-order valence-electron chi connectivity index (χ0n) is 17.6. The molecule has 8 heteroatoms. The van der Waals surface area contributed by atoms with Crippen LogP contribution < -0.4 is 4.90 Å². The quantitative estimate of drug-likeness (QED) is 0.779. The first kappa shape index (κ1) is 19.9. The van der Waals surface area contributed by atoms with Gasteiger partial charge in [-0.25, -0.2) is 9.97 Å². The van der Waals surface area contributed by atoms with E-state index < -0.39 is 0 Å². The fourth-order valence-corrected chi connectivity index (χ4v) is 5.32. The number of aliphatic hydroxyl groups is 1. The van der Waals surface area contributed by atoms with E-state index in [4.69, 9.17) is 9.72 Å². The molecule has 0 radical (unpaired) electrons. The molecular formula is C22H32N6O2. The maximum absolute atomic E-state index is 9.65. The lowest BCUT2D eigenvalue weighted by Gasteiger charge is -2.36. The Morgan fingerprint density at radius 1 is 1.07 bits per heavy atom. The fourth-order valence-electron chi connectivity index (χ4n) is 5.32. The SMILES string of the molecule is OCCn1ncc(-c2ccnc(N3CCCC3)n2)c1[C@H]1CCCN1C1CCOCC1. The first-order valence-corrected chi connectivity index (χ1v) is 11.4. The van der Waals surface area contributed by atoms with Crippen LogP contribution in [0.4, 0.5) is 5.95 Å².